The second kappa shape index (κ2) is 8.43. The zero-order valence-corrected chi connectivity index (χ0v) is 17.4. The lowest BCUT2D eigenvalue weighted by molar-refractivity contribution is 0.298. The maximum absolute atomic E-state index is 12.3. The minimum absolute atomic E-state index is 0.0601. The maximum atomic E-state index is 12.3. The van der Waals surface area contributed by atoms with Crippen molar-refractivity contribution in [1.82, 2.24) is 29.5 Å². The molecule has 5 aromatic rings. The highest BCUT2D eigenvalue weighted by Crippen LogP contribution is 2.25. The number of aryl methyl sites for hydroxylation is 1. The van der Waals surface area contributed by atoms with Crippen LogP contribution in [0.4, 0.5) is 0 Å². The molecule has 0 N–H and O–H groups in total. The molecular weight excluding hydrogens is 404 g/mol. The fraction of sp³-hybridized carbons (Fsp3) is 0.125. The Labute approximate surface area is 183 Å². The van der Waals surface area contributed by atoms with Gasteiger partial charge < -0.3 is 4.74 Å². The molecule has 0 fully saturated rings. The van der Waals surface area contributed by atoms with E-state index >= 15 is 0 Å². The summed E-state index contributed by atoms with van der Waals surface area (Å²) in [5.41, 5.74) is 3.84. The van der Waals surface area contributed by atoms with Crippen molar-refractivity contribution in [3.63, 3.8) is 0 Å². The Morgan fingerprint density at radius 3 is 2.69 bits per heavy atom. The Hall–Kier alpha value is -4.33. The molecule has 0 saturated heterocycles. The van der Waals surface area contributed by atoms with E-state index in [1.165, 1.54) is 6.07 Å². The quantitative estimate of drug-likeness (QED) is 0.414. The average Bonchev–Trinajstić information content (AvgIpc) is 3.33. The van der Waals surface area contributed by atoms with Crippen LogP contribution in [-0.2, 0) is 13.2 Å². The van der Waals surface area contributed by atoms with Crippen molar-refractivity contribution in [2.24, 2.45) is 0 Å². The van der Waals surface area contributed by atoms with Gasteiger partial charge in [0.1, 0.15) is 23.7 Å². The number of benzene rings is 1. The number of hydrogen-bond donors (Lipinski definition) is 0. The van der Waals surface area contributed by atoms with Gasteiger partial charge in [0.2, 0.25) is 5.43 Å². The molecule has 0 bridgehead atoms. The Morgan fingerprint density at radius 2 is 1.88 bits per heavy atom. The molecule has 0 unspecified atom stereocenters. The number of fused-ring (bicyclic) bond motifs is 1. The Balaban J connectivity index is 1.39. The van der Waals surface area contributed by atoms with E-state index in [1.54, 1.807) is 34.2 Å². The second-order valence-electron chi connectivity index (χ2n) is 7.23. The predicted molar refractivity (Wildman–Crippen MR) is 121 cm³/mol. The van der Waals surface area contributed by atoms with Crippen molar-refractivity contribution in [2.45, 2.75) is 20.1 Å². The summed E-state index contributed by atoms with van der Waals surface area (Å²) in [6.45, 7) is 2.83. The van der Waals surface area contributed by atoms with Gasteiger partial charge in [0, 0.05) is 48.3 Å². The summed E-state index contributed by atoms with van der Waals surface area (Å²) in [6, 6.07) is 13.1. The van der Waals surface area contributed by atoms with Gasteiger partial charge in [-0.05, 0) is 48.9 Å². The largest absolute Gasteiger partial charge is 0.487 e. The van der Waals surface area contributed by atoms with Crippen molar-refractivity contribution in [3.8, 4) is 22.6 Å². The van der Waals surface area contributed by atoms with E-state index < -0.39 is 0 Å². The van der Waals surface area contributed by atoms with Crippen LogP contribution in [0.25, 0.3) is 27.7 Å². The average molecular weight is 424 g/mol. The fourth-order valence-electron chi connectivity index (χ4n) is 3.39. The molecule has 0 aliphatic rings. The number of hydrogen-bond acceptors (Lipinski definition) is 6. The van der Waals surface area contributed by atoms with Gasteiger partial charge in [0.15, 0.2) is 0 Å². The van der Waals surface area contributed by atoms with Crippen molar-refractivity contribution in [3.05, 3.63) is 95.6 Å². The van der Waals surface area contributed by atoms with E-state index in [0.717, 1.165) is 34.3 Å². The zero-order valence-electron chi connectivity index (χ0n) is 17.4. The third-order valence-electron chi connectivity index (χ3n) is 5.13. The lowest BCUT2D eigenvalue weighted by Crippen LogP contribution is -2.17. The van der Waals surface area contributed by atoms with Crippen molar-refractivity contribution >= 4 is 10.9 Å². The van der Waals surface area contributed by atoms with Crippen LogP contribution >= 0.6 is 0 Å². The molecule has 158 valence electrons. The number of aromatic nitrogens is 6. The van der Waals surface area contributed by atoms with Gasteiger partial charge in [-0.25, -0.2) is 4.68 Å². The molecule has 0 aliphatic heterocycles. The summed E-state index contributed by atoms with van der Waals surface area (Å²) in [4.78, 5) is 20.9. The molecule has 1 aromatic carbocycles. The van der Waals surface area contributed by atoms with Crippen LogP contribution in [0.5, 0.6) is 5.75 Å². The minimum Gasteiger partial charge on any atom is -0.487 e. The van der Waals surface area contributed by atoms with E-state index in [-0.39, 0.29) is 12.0 Å². The van der Waals surface area contributed by atoms with Crippen molar-refractivity contribution in [2.75, 3.05) is 0 Å². The van der Waals surface area contributed by atoms with Crippen LogP contribution < -0.4 is 10.2 Å². The molecule has 0 spiro atoms. The molecule has 0 aliphatic carbocycles. The number of ether oxygens (including phenoxy) is 1. The summed E-state index contributed by atoms with van der Waals surface area (Å²) in [7, 11) is 0. The molecule has 8 heteroatoms. The van der Waals surface area contributed by atoms with Gasteiger partial charge in [-0.15, -0.1) is 0 Å². The first kappa shape index (κ1) is 19.6. The summed E-state index contributed by atoms with van der Waals surface area (Å²) >= 11 is 0. The van der Waals surface area contributed by atoms with Crippen LogP contribution in [0.2, 0.25) is 0 Å². The minimum atomic E-state index is -0.174. The molecule has 5 rings (SSSR count). The van der Waals surface area contributed by atoms with E-state index in [1.807, 2.05) is 49.6 Å². The monoisotopic (exact) mass is 424 g/mol. The first-order valence-corrected chi connectivity index (χ1v) is 10.2. The summed E-state index contributed by atoms with van der Waals surface area (Å²) in [6.07, 6.45) is 10.6. The van der Waals surface area contributed by atoms with Crippen LogP contribution in [-0.4, -0.2) is 29.5 Å². The number of rotatable bonds is 6. The highest BCUT2D eigenvalue weighted by molar-refractivity contribution is 5.84. The molecule has 0 atom stereocenters. The summed E-state index contributed by atoms with van der Waals surface area (Å²) in [5, 5.41) is 9.63. The highest BCUT2D eigenvalue weighted by Gasteiger charge is 2.08. The SMILES string of the molecule is CCn1cc(-n2ccc(=O)c(COc3ccc4ncc(-c5ccncc5)cc4c3)n2)cn1. The van der Waals surface area contributed by atoms with Crippen LogP contribution in [0.1, 0.15) is 12.6 Å². The van der Waals surface area contributed by atoms with E-state index in [4.69, 9.17) is 4.74 Å². The Bertz CT molecular complexity index is 1440. The second-order valence-corrected chi connectivity index (χ2v) is 7.23. The molecule has 8 nitrogen and oxygen atoms in total. The first-order chi connectivity index (χ1) is 15.7. The van der Waals surface area contributed by atoms with Crippen molar-refractivity contribution < 1.29 is 4.74 Å². The third kappa shape index (κ3) is 3.98. The van der Waals surface area contributed by atoms with Gasteiger partial charge in [0.05, 0.1) is 17.9 Å². The van der Waals surface area contributed by atoms with E-state index in [9.17, 15) is 4.79 Å². The molecular formula is C24H20N6O2. The van der Waals surface area contributed by atoms with Crippen LogP contribution in [0.3, 0.4) is 0 Å². The standard InChI is InChI=1S/C24H20N6O2/c1-2-29-15-20(14-27-29)30-10-7-24(31)23(28-30)16-32-21-3-4-22-18(12-21)11-19(13-26-22)17-5-8-25-9-6-17/h3-15H,2,16H2,1H3. The van der Waals surface area contributed by atoms with Gasteiger partial charge in [-0.3, -0.25) is 19.4 Å². The zero-order chi connectivity index (χ0) is 21.9. The molecule has 0 amide bonds. The smallest absolute Gasteiger partial charge is 0.206 e. The predicted octanol–water partition coefficient (Wildman–Crippen LogP) is 3.64. The lowest BCUT2D eigenvalue weighted by atomic mass is 10.1. The van der Waals surface area contributed by atoms with E-state index in [2.05, 4.69) is 26.2 Å². The van der Waals surface area contributed by atoms with Crippen molar-refractivity contribution in [1.29, 1.82) is 0 Å². The topological polar surface area (TPSA) is 87.7 Å². The maximum Gasteiger partial charge on any atom is 0.206 e. The first-order valence-electron chi connectivity index (χ1n) is 10.2. The molecule has 4 aromatic heterocycles. The van der Waals surface area contributed by atoms with Crippen LogP contribution in [0, 0.1) is 0 Å². The fourth-order valence-corrected chi connectivity index (χ4v) is 3.39. The normalized spacial score (nSPS) is 11.0. The molecule has 4 heterocycles. The summed E-state index contributed by atoms with van der Waals surface area (Å²) in [5.74, 6) is 0.640. The number of pyridine rings is 2. The van der Waals surface area contributed by atoms with Gasteiger partial charge in [-0.1, -0.05) is 0 Å². The summed E-state index contributed by atoms with van der Waals surface area (Å²) < 4.78 is 9.34. The van der Waals surface area contributed by atoms with Gasteiger partial charge >= 0.3 is 0 Å². The van der Waals surface area contributed by atoms with E-state index in [0.29, 0.717) is 11.4 Å². The van der Waals surface area contributed by atoms with Crippen LogP contribution in [0.15, 0.2) is 84.4 Å². The Morgan fingerprint density at radius 1 is 1.00 bits per heavy atom. The van der Waals surface area contributed by atoms with Gasteiger partial charge in [0.25, 0.3) is 0 Å². The molecule has 0 saturated carbocycles. The highest BCUT2D eigenvalue weighted by atomic mass is 16.5. The Kier molecular flexibility index (Phi) is 5.17. The van der Waals surface area contributed by atoms with Gasteiger partial charge in [-0.2, -0.15) is 10.2 Å². The molecule has 32 heavy (non-hydrogen) atoms. The number of nitrogens with zero attached hydrogens (tertiary/aromatic N) is 6. The lowest BCUT2D eigenvalue weighted by Gasteiger charge is -2.09. The molecule has 0 radical (unpaired) electrons. The third-order valence-corrected chi connectivity index (χ3v) is 5.13.